The lowest BCUT2D eigenvalue weighted by atomic mass is 10.5. The fraction of sp³-hybridized carbons (Fsp3) is 0.800. The zero-order chi connectivity index (χ0) is 12.1. The van der Waals surface area contributed by atoms with Gasteiger partial charge < -0.3 is 9.64 Å². The largest absolute Gasteiger partial charge is 0.377 e. The van der Waals surface area contributed by atoms with Crippen LogP contribution in [0.4, 0.5) is 5.95 Å². The topological polar surface area (TPSA) is 46.1 Å². The molecule has 6 heteroatoms. The molecule has 0 aliphatic carbocycles. The number of H-pyrrole nitrogens is 1. The third-order valence-electron chi connectivity index (χ3n) is 2.27. The Balaban J connectivity index is 2.58. The number of ether oxygens (including phenoxy) is 1. The highest BCUT2D eigenvalue weighted by Gasteiger charge is 2.09. The molecule has 92 valence electrons. The lowest BCUT2D eigenvalue weighted by Gasteiger charge is -2.18. The van der Waals surface area contributed by atoms with Crippen LogP contribution in [0.25, 0.3) is 0 Å². The van der Waals surface area contributed by atoms with E-state index in [2.05, 4.69) is 10.2 Å². The summed E-state index contributed by atoms with van der Waals surface area (Å²) in [5, 5.41) is 7.00. The summed E-state index contributed by atoms with van der Waals surface area (Å²) in [5.41, 5.74) is 0. The monoisotopic (exact) mass is 244 g/mol. The molecule has 16 heavy (non-hydrogen) atoms. The Morgan fingerprint density at radius 2 is 2.25 bits per heavy atom. The number of aromatic nitrogens is 3. The molecule has 1 aromatic heterocycles. The van der Waals surface area contributed by atoms with Crippen LogP contribution < -0.4 is 4.90 Å². The average molecular weight is 244 g/mol. The van der Waals surface area contributed by atoms with Gasteiger partial charge in [0, 0.05) is 20.1 Å². The molecule has 0 bridgehead atoms. The maximum Gasteiger partial charge on any atom is 0.225 e. The minimum atomic E-state index is 0.264. The molecular weight excluding hydrogens is 224 g/mol. The highest BCUT2D eigenvalue weighted by molar-refractivity contribution is 7.71. The van der Waals surface area contributed by atoms with Crippen molar-refractivity contribution in [3.05, 3.63) is 4.77 Å². The van der Waals surface area contributed by atoms with Gasteiger partial charge in [0.25, 0.3) is 0 Å². The Morgan fingerprint density at radius 3 is 2.81 bits per heavy atom. The third-order valence-corrected chi connectivity index (χ3v) is 2.59. The Morgan fingerprint density at radius 1 is 1.56 bits per heavy atom. The second kappa shape index (κ2) is 6.00. The van der Waals surface area contributed by atoms with Crippen LogP contribution in [0, 0.1) is 4.77 Å². The van der Waals surface area contributed by atoms with Gasteiger partial charge in [-0.1, -0.05) is 0 Å². The normalized spacial score (nSPS) is 11.1. The van der Waals surface area contributed by atoms with Crippen molar-refractivity contribution in [3.63, 3.8) is 0 Å². The number of rotatable bonds is 6. The van der Waals surface area contributed by atoms with Crippen molar-refractivity contribution in [2.45, 2.75) is 33.4 Å². The van der Waals surface area contributed by atoms with Gasteiger partial charge in [0.05, 0.1) is 12.7 Å². The van der Waals surface area contributed by atoms with Crippen molar-refractivity contribution in [2.75, 3.05) is 25.1 Å². The van der Waals surface area contributed by atoms with Crippen LogP contribution in [0.5, 0.6) is 0 Å². The highest BCUT2D eigenvalue weighted by Crippen LogP contribution is 2.08. The third kappa shape index (κ3) is 3.31. The van der Waals surface area contributed by atoms with Crippen LogP contribution in [-0.2, 0) is 11.3 Å². The fourth-order valence-corrected chi connectivity index (χ4v) is 1.67. The first-order valence-electron chi connectivity index (χ1n) is 5.54. The van der Waals surface area contributed by atoms with Gasteiger partial charge in [-0.2, -0.15) is 0 Å². The van der Waals surface area contributed by atoms with E-state index in [0.29, 0.717) is 11.4 Å². The summed E-state index contributed by atoms with van der Waals surface area (Å²) in [6.45, 7) is 8.42. The smallest absolute Gasteiger partial charge is 0.225 e. The van der Waals surface area contributed by atoms with Gasteiger partial charge in [0.15, 0.2) is 4.77 Å². The summed E-state index contributed by atoms with van der Waals surface area (Å²) in [7, 11) is 1.99. The standard InChI is InChI=1S/C10H20N4OS/c1-5-14-9(11-12-10(14)16)13(4)6-7-15-8(2)3/h8H,5-7H2,1-4H3,(H,12,16). The fourth-order valence-electron chi connectivity index (χ4n) is 1.41. The Kier molecular flexibility index (Phi) is 4.95. The summed E-state index contributed by atoms with van der Waals surface area (Å²) >= 11 is 5.13. The van der Waals surface area contributed by atoms with Crippen molar-refractivity contribution >= 4 is 18.2 Å². The van der Waals surface area contributed by atoms with Crippen LogP contribution in [-0.4, -0.2) is 41.1 Å². The van der Waals surface area contributed by atoms with Crippen molar-refractivity contribution in [1.82, 2.24) is 14.8 Å². The molecular formula is C10H20N4OS. The second-order valence-electron chi connectivity index (χ2n) is 3.91. The van der Waals surface area contributed by atoms with Crippen molar-refractivity contribution in [2.24, 2.45) is 0 Å². The van der Waals surface area contributed by atoms with E-state index in [9.17, 15) is 0 Å². The molecule has 0 fully saturated rings. The molecule has 0 spiro atoms. The number of likely N-dealkylation sites (N-methyl/N-ethyl adjacent to an activating group) is 1. The van der Waals surface area contributed by atoms with E-state index in [1.165, 1.54) is 0 Å². The molecule has 0 saturated carbocycles. The Bertz CT molecular complexity index is 371. The number of nitrogens with zero attached hydrogens (tertiary/aromatic N) is 3. The summed E-state index contributed by atoms with van der Waals surface area (Å²) in [6.07, 6.45) is 0.264. The SMILES string of the molecule is CCn1c(N(C)CCOC(C)C)n[nH]c1=S. The first-order valence-corrected chi connectivity index (χ1v) is 5.95. The summed E-state index contributed by atoms with van der Waals surface area (Å²) < 4.78 is 8.12. The molecule has 0 atom stereocenters. The van der Waals surface area contributed by atoms with E-state index in [-0.39, 0.29) is 6.10 Å². The molecule has 0 radical (unpaired) electrons. The van der Waals surface area contributed by atoms with E-state index in [4.69, 9.17) is 17.0 Å². The minimum absolute atomic E-state index is 0.264. The Labute approximate surface area is 101 Å². The van der Waals surface area contributed by atoms with E-state index in [0.717, 1.165) is 19.0 Å². The quantitative estimate of drug-likeness (QED) is 0.775. The van der Waals surface area contributed by atoms with E-state index < -0.39 is 0 Å². The predicted octanol–water partition coefficient (Wildman–Crippen LogP) is 1.82. The lowest BCUT2D eigenvalue weighted by molar-refractivity contribution is 0.0844. The summed E-state index contributed by atoms with van der Waals surface area (Å²) in [4.78, 5) is 2.04. The predicted molar refractivity (Wildman–Crippen MR) is 67.4 cm³/mol. The second-order valence-corrected chi connectivity index (χ2v) is 4.30. The van der Waals surface area contributed by atoms with Gasteiger partial charge in [0.2, 0.25) is 5.95 Å². The molecule has 0 aromatic carbocycles. The molecule has 0 unspecified atom stereocenters. The molecule has 1 aromatic rings. The van der Waals surface area contributed by atoms with Gasteiger partial charge in [0.1, 0.15) is 0 Å². The van der Waals surface area contributed by atoms with Gasteiger partial charge in [-0.3, -0.25) is 4.57 Å². The molecule has 0 aliphatic rings. The van der Waals surface area contributed by atoms with Crippen molar-refractivity contribution in [1.29, 1.82) is 0 Å². The molecule has 1 N–H and O–H groups in total. The van der Waals surface area contributed by atoms with Gasteiger partial charge >= 0.3 is 0 Å². The highest BCUT2D eigenvalue weighted by atomic mass is 32.1. The van der Waals surface area contributed by atoms with Crippen LogP contribution >= 0.6 is 12.2 Å². The van der Waals surface area contributed by atoms with Crippen LogP contribution in [0.15, 0.2) is 0 Å². The van der Waals surface area contributed by atoms with Crippen LogP contribution in [0.3, 0.4) is 0 Å². The van der Waals surface area contributed by atoms with Gasteiger partial charge in [-0.05, 0) is 33.0 Å². The molecule has 0 saturated heterocycles. The number of hydrogen-bond acceptors (Lipinski definition) is 4. The number of anilines is 1. The van der Waals surface area contributed by atoms with E-state index >= 15 is 0 Å². The molecule has 0 aliphatic heterocycles. The zero-order valence-electron chi connectivity index (χ0n) is 10.4. The summed E-state index contributed by atoms with van der Waals surface area (Å²) in [5.74, 6) is 0.861. The summed E-state index contributed by atoms with van der Waals surface area (Å²) in [6, 6.07) is 0. The van der Waals surface area contributed by atoms with Crippen LogP contribution in [0.1, 0.15) is 20.8 Å². The Hall–Kier alpha value is -0.880. The van der Waals surface area contributed by atoms with Gasteiger partial charge in [-0.25, -0.2) is 5.10 Å². The molecule has 1 heterocycles. The first kappa shape index (κ1) is 13.2. The first-order chi connectivity index (χ1) is 7.56. The number of hydrogen-bond donors (Lipinski definition) is 1. The van der Waals surface area contributed by atoms with E-state index in [1.807, 2.05) is 37.3 Å². The van der Waals surface area contributed by atoms with Gasteiger partial charge in [-0.15, -0.1) is 5.10 Å². The average Bonchev–Trinajstić information content (AvgIpc) is 2.58. The number of nitrogens with one attached hydrogen (secondary N) is 1. The zero-order valence-corrected chi connectivity index (χ0v) is 11.2. The number of aromatic amines is 1. The van der Waals surface area contributed by atoms with Crippen LogP contribution in [0.2, 0.25) is 0 Å². The minimum Gasteiger partial charge on any atom is -0.377 e. The molecule has 1 rings (SSSR count). The van der Waals surface area contributed by atoms with Crippen molar-refractivity contribution in [3.8, 4) is 0 Å². The molecule has 5 nitrogen and oxygen atoms in total. The maximum absolute atomic E-state index is 5.50. The maximum atomic E-state index is 5.50. The van der Waals surface area contributed by atoms with E-state index in [1.54, 1.807) is 0 Å². The molecule has 0 amide bonds. The van der Waals surface area contributed by atoms with Crippen molar-refractivity contribution < 1.29 is 4.74 Å². The lowest BCUT2D eigenvalue weighted by Crippen LogP contribution is -2.26.